The lowest BCUT2D eigenvalue weighted by Gasteiger charge is -2.17. The predicted molar refractivity (Wildman–Crippen MR) is 68.8 cm³/mol. The highest BCUT2D eigenvalue weighted by Crippen LogP contribution is 2.37. The van der Waals surface area contributed by atoms with E-state index in [9.17, 15) is 14.5 Å². The first-order valence-corrected chi connectivity index (χ1v) is 7.36. The van der Waals surface area contributed by atoms with Crippen LogP contribution in [-0.2, 0) is 13.8 Å². The fraction of sp³-hybridized carbons (Fsp3) is 0.556. The lowest BCUT2D eigenvalue weighted by atomic mass is 10.1. The third-order valence-corrected chi connectivity index (χ3v) is 3.44. The van der Waals surface area contributed by atoms with Gasteiger partial charge in [0.05, 0.1) is 12.6 Å². The minimum absolute atomic E-state index is 0.0183. The van der Waals surface area contributed by atoms with Crippen LogP contribution in [0.5, 0.6) is 0 Å². The quantitative estimate of drug-likeness (QED) is 0.372. The second-order valence-electron chi connectivity index (χ2n) is 4.46. The third-order valence-electron chi connectivity index (χ3n) is 2.95. The SMILES string of the molecule is Nc1ccn([C@@H]2O[C@H](COP(=O)(O)O)[C@@H](O)[C@H]2N)c(=O)n1. The number of ether oxygens (including phenoxy) is 1. The van der Waals surface area contributed by atoms with Gasteiger partial charge in [0.25, 0.3) is 0 Å². The van der Waals surface area contributed by atoms with E-state index in [1.165, 1.54) is 12.3 Å². The van der Waals surface area contributed by atoms with Crippen LogP contribution in [0.25, 0.3) is 0 Å². The Kier molecular flexibility index (Phi) is 4.44. The molecule has 0 spiro atoms. The number of nitrogens with two attached hydrogens (primary N) is 2. The van der Waals surface area contributed by atoms with Gasteiger partial charge in [0.2, 0.25) is 0 Å². The van der Waals surface area contributed by atoms with Crippen molar-refractivity contribution in [3.05, 3.63) is 22.7 Å². The standard InChI is InChI=1S/C9H15N4O7P/c10-5-1-2-13(9(15)12-5)8-6(11)7(14)4(20-8)3-19-21(16,17)18/h1-2,4,6-8,14H,3,11H2,(H2,10,12,15)(H2,16,17,18)/t4-,6-,7-,8-/m1/s1. The van der Waals surface area contributed by atoms with E-state index in [4.69, 9.17) is 26.0 Å². The molecule has 0 aliphatic carbocycles. The highest BCUT2D eigenvalue weighted by Gasteiger charge is 2.43. The Labute approximate surface area is 118 Å². The van der Waals surface area contributed by atoms with Gasteiger partial charge in [0.1, 0.15) is 18.0 Å². The van der Waals surface area contributed by atoms with Crippen molar-refractivity contribution in [2.75, 3.05) is 12.3 Å². The number of nitrogens with zero attached hydrogens (tertiary/aromatic N) is 2. The second kappa shape index (κ2) is 5.81. The van der Waals surface area contributed by atoms with E-state index < -0.39 is 44.6 Å². The average molecular weight is 322 g/mol. The summed E-state index contributed by atoms with van der Waals surface area (Å²) >= 11 is 0. The number of rotatable bonds is 4. The van der Waals surface area contributed by atoms with E-state index in [1.54, 1.807) is 0 Å². The number of aromatic nitrogens is 2. The Bertz CT molecular complexity index is 616. The zero-order valence-electron chi connectivity index (χ0n) is 10.6. The molecule has 0 amide bonds. The summed E-state index contributed by atoms with van der Waals surface area (Å²) in [7, 11) is -4.70. The Morgan fingerprint density at radius 2 is 2.19 bits per heavy atom. The first kappa shape index (κ1) is 16.0. The molecule has 1 fully saturated rings. The van der Waals surface area contributed by atoms with Crippen LogP contribution in [-0.4, -0.2) is 49.3 Å². The smallest absolute Gasteiger partial charge is 0.389 e. The van der Waals surface area contributed by atoms with Crippen molar-refractivity contribution in [1.29, 1.82) is 0 Å². The molecule has 2 heterocycles. The third kappa shape index (κ3) is 3.66. The highest BCUT2D eigenvalue weighted by atomic mass is 31.2. The normalized spacial score (nSPS) is 29.7. The topological polar surface area (TPSA) is 183 Å². The van der Waals surface area contributed by atoms with Crippen LogP contribution < -0.4 is 17.2 Å². The molecule has 1 aliphatic heterocycles. The minimum Gasteiger partial charge on any atom is -0.389 e. The number of aliphatic hydroxyl groups is 1. The molecule has 2 rings (SSSR count). The largest absolute Gasteiger partial charge is 0.469 e. The van der Waals surface area contributed by atoms with Gasteiger partial charge in [-0.3, -0.25) is 9.09 Å². The summed E-state index contributed by atoms with van der Waals surface area (Å²) in [5.74, 6) is 0.0183. The van der Waals surface area contributed by atoms with E-state index in [1.807, 2.05) is 0 Å². The molecule has 1 aliphatic rings. The molecule has 11 nitrogen and oxygen atoms in total. The molecule has 0 bridgehead atoms. The van der Waals surface area contributed by atoms with Crippen molar-refractivity contribution >= 4 is 13.6 Å². The summed E-state index contributed by atoms with van der Waals surface area (Å²) in [6, 6.07) is 0.349. The molecule has 0 aromatic carbocycles. The van der Waals surface area contributed by atoms with E-state index in [0.717, 1.165) is 4.57 Å². The molecule has 0 saturated carbocycles. The Hall–Kier alpha value is -1.33. The van der Waals surface area contributed by atoms with Gasteiger partial charge in [-0.25, -0.2) is 9.36 Å². The zero-order valence-corrected chi connectivity index (χ0v) is 11.5. The molecule has 118 valence electrons. The van der Waals surface area contributed by atoms with Crippen molar-refractivity contribution in [2.24, 2.45) is 5.73 Å². The number of hydrogen-bond acceptors (Lipinski definition) is 8. The zero-order chi connectivity index (χ0) is 15.8. The van der Waals surface area contributed by atoms with E-state index in [0.29, 0.717) is 0 Å². The van der Waals surface area contributed by atoms with Crippen LogP contribution in [0.3, 0.4) is 0 Å². The summed E-state index contributed by atoms with van der Waals surface area (Å²) < 4.78 is 21.3. The molecule has 0 radical (unpaired) electrons. The average Bonchev–Trinajstić information content (AvgIpc) is 2.64. The van der Waals surface area contributed by atoms with Gasteiger partial charge < -0.3 is 31.1 Å². The Morgan fingerprint density at radius 1 is 1.52 bits per heavy atom. The number of nitrogen functional groups attached to an aromatic ring is 1. The maximum atomic E-state index is 11.7. The van der Waals surface area contributed by atoms with Crippen LogP contribution in [0, 0.1) is 0 Å². The molecule has 1 aromatic rings. The van der Waals surface area contributed by atoms with Crippen LogP contribution in [0.1, 0.15) is 6.23 Å². The number of phosphoric ester groups is 1. The number of phosphoric acid groups is 1. The minimum atomic E-state index is -4.70. The maximum Gasteiger partial charge on any atom is 0.469 e. The summed E-state index contributed by atoms with van der Waals surface area (Å²) in [4.78, 5) is 32.5. The molecule has 0 unspecified atom stereocenters. The molecule has 1 aromatic heterocycles. The lowest BCUT2D eigenvalue weighted by Crippen LogP contribution is -2.42. The van der Waals surface area contributed by atoms with Gasteiger partial charge in [-0.2, -0.15) is 4.98 Å². The fourth-order valence-electron chi connectivity index (χ4n) is 1.95. The van der Waals surface area contributed by atoms with Crippen molar-refractivity contribution < 1.29 is 28.7 Å². The summed E-state index contributed by atoms with van der Waals surface area (Å²) in [5.41, 5.74) is 10.4. The van der Waals surface area contributed by atoms with E-state index in [-0.39, 0.29) is 5.82 Å². The number of anilines is 1. The summed E-state index contributed by atoms with van der Waals surface area (Å²) in [5, 5.41) is 9.89. The van der Waals surface area contributed by atoms with Gasteiger partial charge >= 0.3 is 13.5 Å². The van der Waals surface area contributed by atoms with Crippen LogP contribution in [0.2, 0.25) is 0 Å². The van der Waals surface area contributed by atoms with E-state index in [2.05, 4.69) is 9.51 Å². The Morgan fingerprint density at radius 3 is 2.76 bits per heavy atom. The van der Waals surface area contributed by atoms with E-state index >= 15 is 0 Å². The molecule has 1 saturated heterocycles. The summed E-state index contributed by atoms with van der Waals surface area (Å²) in [6.07, 6.45) is -2.12. The number of hydrogen-bond donors (Lipinski definition) is 5. The first-order chi connectivity index (χ1) is 9.69. The number of aliphatic hydroxyl groups excluding tert-OH is 1. The predicted octanol–water partition coefficient (Wildman–Crippen LogP) is -2.48. The molecular weight excluding hydrogens is 307 g/mol. The van der Waals surface area contributed by atoms with Crippen molar-refractivity contribution in [2.45, 2.75) is 24.5 Å². The Balaban J connectivity index is 2.16. The monoisotopic (exact) mass is 322 g/mol. The molecule has 21 heavy (non-hydrogen) atoms. The van der Waals surface area contributed by atoms with Gasteiger partial charge in [-0.05, 0) is 6.07 Å². The van der Waals surface area contributed by atoms with Crippen molar-refractivity contribution in [3.8, 4) is 0 Å². The summed E-state index contributed by atoms with van der Waals surface area (Å²) in [6.45, 7) is -0.577. The van der Waals surface area contributed by atoms with Crippen LogP contribution in [0.15, 0.2) is 17.1 Å². The van der Waals surface area contributed by atoms with Gasteiger partial charge in [0.15, 0.2) is 6.23 Å². The van der Waals surface area contributed by atoms with Crippen LogP contribution in [0.4, 0.5) is 5.82 Å². The highest BCUT2D eigenvalue weighted by molar-refractivity contribution is 7.46. The first-order valence-electron chi connectivity index (χ1n) is 5.83. The fourth-order valence-corrected chi connectivity index (χ4v) is 2.29. The molecule has 12 heteroatoms. The molecular formula is C9H15N4O7P. The van der Waals surface area contributed by atoms with Gasteiger partial charge in [0, 0.05) is 6.20 Å². The molecule has 7 N–H and O–H groups in total. The second-order valence-corrected chi connectivity index (χ2v) is 5.70. The van der Waals surface area contributed by atoms with Crippen molar-refractivity contribution in [3.63, 3.8) is 0 Å². The van der Waals surface area contributed by atoms with Crippen LogP contribution >= 0.6 is 7.82 Å². The maximum absolute atomic E-state index is 11.7. The van der Waals surface area contributed by atoms with Gasteiger partial charge in [-0.15, -0.1) is 0 Å². The van der Waals surface area contributed by atoms with Crippen molar-refractivity contribution in [1.82, 2.24) is 9.55 Å². The molecule has 4 atom stereocenters. The van der Waals surface area contributed by atoms with Gasteiger partial charge in [-0.1, -0.05) is 0 Å². The lowest BCUT2D eigenvalue weighted by molar-refractivity contribution is -0.0456.